The molecule has 0 aliphatic carbocycles. The molecule has 0 atom stereocenters. The molecular weight excluding hydrogens is 375 g/mol. The second-order valence-corrected chi connectivity index (χ2v) is 6.89. The predicted octanol–water partition coefficient (Wildman–Crippen LogP) is 4.26. The molecule has 0 aromatic heterocycles. The summed E-state index contributed by atoms with van der Waals surface area (Å²) in [7, 11) is 0.104. The van der Waals surface area contributed by atoms with Crippen LogP contribution in [0.25, 0.3) is 6.08 Å². The van der Waals surface area contributed by atoms with Crippen LogP contribution in [0.3, 0.4) is 0 Å². The van der Waals surface area contributed by atoms with E-state index in [0.717, 1.165) is 5.56 Å². The minimum Gasteiger partial charge on any atom is 0 e. The first-order valence-electron chi connectivity index (χ1n) is 6.96. The van der Waals surface area contributed by atoms with Crippen LogP contribution in [0.1, 0.15) is 12.5 Å². The van der Waals surface area contributed by atoms with Crippen molar-refractivity contribution >= 4 is 25.1 Å². The van der Waals surface area contributed by atoms with Crippen molar-refractivity contribution in [1.29, 1.82) is 0 Å². The molecule has 2 aromatic rings. The summed E-state index contributed by atoms with van der Waals surface area (Å²) in [6, 6.07) is 20.4. The summed E-state index contributed by atoms with van der Waals surface area (Å²) >= 11 is 0. The van der Waals surface area contributed by atoms with Gasteiger partial charge in [0.25, 0.3) is 0 Å². The molecule has 25 heavy (non-hydrogen) atoms. The molecule has 0 amide bonds. The minimum atomic E-state index is 0. The number of carbonyl (C=O) groups excluding carboxylic acids is 1. The largest absolute Gasteiger partial charge is 0 e. The second kappa shape index (κ2) is 20.3. The van der Waals surface area contributed by atoms with Gasteiger partial charge < -0.3 is 0 Å². The Bertz CT molecular complexity index is 614. The molecule has 5 heteroatoms. The Labute approximate surface area is 162 Å². The van der Waals surface area contributed by atoms with Gasteiger partial charge in [0, 0.05) is 17.1 Å². The van der Waals surface area contributed by atoms with E-state index in [2.05, 4.69) is 57.0 Å². The summed E-state index contributed by atoms with van der Waals surface area (Å²) in [6.07, 6.45) is 3.37. The molecule has 0 aliphatic heterocycles. The molecule has 0 unspecified atom stereocenters. The molecule has 0 heterocycles. The maximum atomic E-state index is 10.5. The molecule has 0 saturated heterocycles. The molecule has 2 rings (SSSR count). The summed E-state index contributed by atoms with van der Waals surface area (Å²) in [5.41, 5.74) is 1.06. The van der Waals surface area contributed by atoms with Gasteiger partial charge in [0.1, 0.15) is 0 Å². The first-order chi connectivity index (χ1) is 11.6. The van der Waals surface area contributed by atoms with Crippen molar-refractivity contribution in [3.05, 3.63) is 85.6 Å². The topological polar surface area (TPSA) is 56.9 Å². The number of ketones is 1. The average Bonchev–Trinajstić information content (AvgIpc) is 2.65. The Morgan fingerprint density at radius 3 is 1.60 bits per heavy atom. The monoisotopic (exact) mass is 396 g/mol. The molecule has 0 fully saturated rings. The number of hydrogen-bond acceptors (Lipinski definition) is 1. The van der Waals surface area contributed by atoms with Crippen LogP contribution in [0, 0.1) is 13.3 Å². The van der Waals surface area contributed by atoms with Gasteiger partial charge in [-0.15, -0.1) is 0 Å². The van der Waals surface area contributed by atoms with Crippen molar-refractivity contribution in [2.75, 3.05) is 13.3 Å². The third-order valence-electron chi connectivity index (χ3n) is 2.58. The van der Waals surface area contributed by atoms with Gasteiger partial charge in [0.05, 0.1) is 0 Å². The number of carbonyl (C=O) groups is 1. The standard InChI is InChI=1S/C10H10O.C8H11P.2CO.Fe/c1-9(11)7-8-10-5-3-2-4-6-10;1-9(2)8-6-4-3-5-7-8;2*1-2;/h2-8H,1H3;3-7H,1-2H3;;;/b8-7+;;;;. The fourth-order valence-corrected chi connectivity index (χ4v) is 2.27. The first-order valence-corrected chi connectivity index (χ1v) is 9.20. The average molecular weight is 396 g/mol. The molecule has 0 bridgehead atoms. The van der Waals surface area contributed by atoms with Gasteiger partial charge in [-0.2, -0.15) is 0 Å². The van der Waals surface area contributed by atoms with Crippen LogP contribution in [0.5, 0.6) is 0 Å². The van der Waals surface area contributed by atoms with Crippen LogP contribution in [-0.4, -0.2) is 19.1 Å². The van der Waals surface area contributed by atoms with Crippen molar-refractivity contribution in [3.63, 3.8) is 0 Å². The smallest absolute Gasteiger partial charge is 0 e. The Kier molecular flexibility index (Phi) is 22.8. The predicted molar refractivity (Wildman–Crippen MR) is 98.9 cm³/mol. The van der Waals surface area contributed by atoms with Gasteiger partial charge in [-0.25, -0.2) is 0 Å². The normalized spacial score (nSPS) is 8.32. The van der Waals surface area contributed by atoms with E-state index >= 15 is 0 Å². The second-order valence-electron chi connectivity index (χ2n) is 4.58. The summed E-state index contributed by atoms with van der Waals surface area (Å²) in [4.78, 5) is 10.5. The molecule has 132 valence electrons. The number of hydrogen-bond donors (Lipinski definition) is 0. The quantitative estimate of drug-likeness (QED) is 0.251. The van der Waals surface area contributed by atoms with Crippen molar-refractivity contribution in [1.82, 2.24) is 0 Å². The Morgan fingerprint density at radius 2 is 1.28 bits per heavy atom. The van der Waals surface area contributed by atoms with Gasteiger partial charge in [0.2, 0.25) is 0 Å². The van der Waals surface area contributed by atoms with Gasteiger partial charge in [-0.3, -0.25) is 4.79 Å². The number of allylic oxidation sites excluding steroid dienone is 1. The van der Waals surface area contributed by atoms with Crippen LogP contribution < -0.4 is 5.30 Å². The molecular formula is C20H21FeO3P. The Balaban J connectivity index is -0.000000316. The van der Waals surface area contributed by atoms with Crippen LogP contribution in [-0.2, 0) is 31.2 Å². The van der Waals surface area contributed by atoms with E-state index in [-0.39, 0.29) is 30.8 Å². The number of benzene rings is 2. The summed E-state index contributed by atoms with van der Waals surface area (Å²) in [6.45, 7) is 15.1. The summed E-state index contributed by atoms with van der Waals surface area (Å²) in [5.74, 6) is 0.0776. The van der Waals surface area contributed by atoms with E-state index < -0.39 is 0 Å². The fourth-order valence-electron chi connectivity index (χ4n) is 1.50. The molecule has 0 spiro atoms. The fraction of sp³-hybridized carbons (Fsp3) is 0.150. The van der Waals surface area contributed by atoms with E-state index in [0.29, 0.717) is 0 Å². The van der Waals surface area contributed by atoms with E-state index in [1.807, 2.05) is 36.4 Å². The summed E-state index contributed by atoms with van der Waals surface area (Å²) in [5, 5.41) is 1.48. The molecule has 3 nitrogen and oxygen atoms in total. The van der Waals surface area contributed by atoms with Crippen molar-refractivity contribution in [2.24, 2.45) is 0 Å². The van der Waals surface area contributed by atoms with Crippen molar-refractivity contribution in [2.45, 2.75) is 6.92 Å². The van der Waals surface area contributed by atoms with Crippen molar-refractivity contribution in [3.8, 4) is 0 Å². The van der Waals surface area contributed by atoms with Gasteiger partial charge in [-0.05, 0) is 37.2 Å². The Hall–Kier alpha value is -1.72. The summed E-state index contributed by atoms with van der Waals surface area (Å²) < 4.78 is 15.0. The first kappa shape index (κ1) is 28.1. The molecule has 0 aliphatic rings. The van der Waals surface area contributed by atoms with E-state index in [9.17, 15) is 4.79 Å². The van der Waals surface area contributed by atoms with Gasteiger partial charge in [0.15, 0.2) is 5.78 Å². The zero-order valence-corrected chi connectivity index (χ0v) is 16.5. The van der Waals surface area contributed by atoms with Crippen LogP contribution in [0.2, 0.25) is 0 Å². The zero-order chi connectivity index (χ0) is 18.8. The van der Waals surface area contributed by atoms with Crippen LogP contribution >= 0.6 is 7.92 Å². The third kappa shape index (κ3) is 16.9. The van der Waals surface area contributed by atoms with Crippen molar-refractivity contribution < 1.29 is 31.2 Å². The molecule has 2 aromatic carbocycles. The van der Waals surface area contributed by atoms with Gasteiger partial charge >= 0.3 is 22.6 Å². The zero-order valence-electron chi connectivity index (χ0n) is 14.5. The van der Waals surface area contributed by atoms with E-state index in [1.54, 1.807) is 13.0 Å². The maximum absolute atomic E-state index is 10.5. The molecule has 0 saturated carbocycles. The maximum Gasteiger partial charge on any atom is 0 e. The van der Waals surface area contributed by atoms with E-state index in [1.165, 1.54) is 5.30 Å². The number of rotatable bonds is 3. The van der Waals surface area contributed by atoms with E-state index in [4.69, 9.17) is 9.30 Å². The van der Waals surface area contributed by atoms with Crippen LogP contribution in [0.15, 0.2) is 66.7 Å². The molecule has 0 radical (unpaired) electrons. The van der Waals surface area contributed by atoms with Crippen LogP contribution in [0.4, 0.5) is 0 Å². The minimum absolute atomic E-state index is 0. The Morgan fingerprint density at radius 1 is 0.880 bits per heavy atom. The van der Waals surface area contributed by atoms with Gasteiger partial charge in [-0.1, -0.05) is 74.7 Å². The SMILES string of the molecule is CC(=O)/C=C/c1ccccc1.CP(C)c1ccccc1.[C-]#[O+].[C-]#[O+].[Fe]. The third-order valence-corrected chi connectivity index (χ3v) is 3.91. The molecule has 0 N–H and O–H groups in total.